The Morgan fingerprint density at radius 3 is 2.89 bits per heavy atom. The van der Waals surface area contributed by atoms with Crippen LogP contribution < -0.4 is 14.8 Å². The smallest absolute Gasteiger partial charge is 0.311 e. The number of fused-ring (bicyclic) bond motifs is 2. The Hall–Kier alpha value is -2.53. The topological polar surface area (TPSA) is 67.8 Å². The second kappa shape index (κ2) is 5.04. The summed E-state index contributed by atoms with van der Waals surface area (Å²) in [6.45, 7) is 1.51. The molecule has 5 nitrogen and oxygen atoms in total. The highest BCUT2D eigenvalue weighted by Crippen LogP contribution is 2.68. The number of aliphatic carboxylic acids is 1. The molecule has 7 rings (SSSR count). The van der Waals surface area contributed by atoms with Gasteiger partial charge in [-0.3, -0.25) is 4.79 Å². The van der Waals surface area contributed by atoms with E-state index < -0.39 is 11.4 Å². The van der Waals surface area contributed by atoms with Gasteiger partial charge in [0.05, 0.1) is 5.41 Å². The highest BCUT2D eigenvalue weighted by atomic mass is 16.7. The van der Waals surface area contributed by atoms with E-state index in [4.69, 9.17) is 9.47 Å². The third kappa shape index (κ3) is 1.67. The van der Waals surface area contributed by atoms with Crippen molar-refractivity contribution >= 4 is 5.97 Å². The van der Waals surface area contributed by atoms with Crippen LogP contribution in [-0.4, -0.2) is 31.0 Å². The fraction of sp³-hybridized carbons (Fsp3) is 0.409. The summed E-state index contributed by atoms with van der Waals surface area (Å²) in [4.78, 5) is 12.6. The molecule has 2 bridgehead atoms. The van der Waals surface area contributed by atoms with Crippen molar-refractivity contribution in [2.45, 2.75) is 24.2 Å². The summed E-state index contributed by atoms with van der Waals surface area (Å²) in [5.41, 5.74) is 2.60. The molecule has 4 atom stereocenters. The number of ether oxygens (including phenoxy) is 2. The monoisotopic (exact) mass is 363 g/mol. The Bertz CT molecular complexity index is 973. The quantitative estimate of drug-likeness (QED) is 0.859. The van der Waals surface area contributed by atoms with Gasteiger partial charge in [0.25, 0.3) is 0 Å². The third-order valence-corrected chi connectivity index (χ3v) is 7.53. The molecule has 0 spiro atoms. The molecule has 1 saturated carbocycles. The standard InChI is InChI=1S/C22H21NO4/c24-20(25)22-11-23-10-19(22)21(13-5-6-17-18(9-13)27-12-26-17)8-7-16(22)14-3-1-2-4-15(14)21/h1-6,9,16,19,23H,7-8,10-12H2,(H,24,25). The largest absolute Gasteiger partial charge is 0.481 e. The van der Waals surface area contributed by atoms with Crippen molar-refractivity contribution in [3.63, 3.8) is 0 Å². The molecule has 4 unspecified atom stereocenters. The van der Waals surface area contributed by atoms with Crippen LogP contribution in [0.1, 0.15) is 35.4 Å². The van der Waals surface area contributed by atoms with Crippen LogP contribution in [0, 0.1) is 11.3 Å². The minimum atomic E-state index is -0.747. The number of benzene rings is 2. The van der Waals surface area contributed by atoms with Gasteiger partial charge in [0.2, 0.25) is 6.79 Å². The van der Waals surface area contributed by atoms with Gasteiger partial charge >= 0.3 is 5.97 Å². The highest BCUT2D eigenvalue weighted by molar-refractivity contribution is 5.80. The summed E-state index contributed by atoms with van der Waals surface area (Å²) in [7, 11) is 0. The second-order valence-electron chi connectivity index (χ2n) is 8.25. The first-order valence-corrected chi connectivity index (χ1v) is 9.61. The Kier molecular flexibility index (Phi) is 2.90. The van der Waals surface area contributed by atoms with E-state index in [2.05, 4.69) is 35.6 Å². The van der Waals surface area contributed by atoms with Crippen molar-refractivity contribution < 1.29 is 19.4 Å². The van der Waals surface area contributed by atoms with Gasteiger partial charge in [-0.25, -0.2) is 0 Å². The predicted molar refractivity (Wildman–Crippen MR) is 98.2 cm³/mol. The molecule has 2 aromatic rings. The van der Waals surface area contributed by atoms with Gasteiger partial charge in [-0.2, -0.15) is 0 Å². The molecule has 5 heteroatoms. The Morgan fingerprint density at radius 1 is 1.15 bits per heavy atom. The molecular weight excluding hydrogens is 342 g/mol. The first-order valence-electron chi connectivity index (χ1n) is 9.61. The Morgan fingerprint density at radius 2 is 2.00 bits per heavy atom. The van der Waals surface area contributed by atoms with Gasteiger partial charge in [-0.1, -0.05) is 30.3 Å². The van der Waals surface area contributed by atoms with Crippen molar-refractivity contribution in [3.8, 4) is 11.5 Å². The molecule has 2 fully saturated rings. The highest BCUT2D eigenvalue weighted by Gasteiger charge is 2.69. The van der Waals surface area contributed by atoms with E-state index in [9.17, 15) is 9.90 Å². The van der Waals surface area contributed by atoms with Crippen LogP contribution >= 0.6 is 0 Å². The van der Waals surface area contributed by atoms with E-state index in [0.717, 1.165) is 36.4 Å². The van der Waals surface area contributed by atoms with Crippen molar-refractivity contribution in [1.82, 2.24) is 5.32 Å². The summed E-state index contributed by atoms with van der Waals surface area (Å²) in [5.74, 6) is 0.960. The molecule has 0 aromatic heterocycles. The second-order valence-corrected chi connectivity index (χ2v) is 8.25. The number of rotatable bonds is 2. The zero-order chi connectivity index (χ0) is 18.2. The van der Waals surface area contributed by atoms with Crippen molar-refractivity contribution in [2.24, 2.45) is 11.3 Å². The molecule has 2 heterocycles. The number of nitrogens with one attached hydrogen (secondary N) is 1. The van der Waals surface area contributed by atoms with E-state index in [1.165, 1.54) is 11.1 Å². The van der Waals surface area contributed by atoms with Gasteiger partial charge in [0.1, 0.15) is 0 Å². The van der Waals surface area contributed by atoms with E-state index in [0.29, 0.717) is 6.54 Å². The van der Waals surface area contributed by atoms with Crippen molar-refractivity contribution in [3.05, 3.63) is 59.2 Å². The molecule has 2 N–H and O–H groups in total. The predicted octanol–water partition coefficient (Wildman–Crippen LogP) is 2.88. The van der Waals surface area contributed by atoms with Crippen LogP contribution in [-0.2, 0) is 10.2 Å². The van der Waals surface area contributed by atoms with Crippen LogP contribution in [0.25, 0.3) is 0 Å². The number of carboxylic acid groups (broad SMARTS) is 1. The lowest BCUT2D eigenvalue weighted by atomic mass is 9.42. The van der Waals surface area contributed by atoms with Crippen molar-refractivity contribution in [1.29, 1.82) is 0 Å². The molecule has 3 aliphatic carbocycles. The minimum Gasteiger partial charge on any atom is -0.481 e. The summed E-state index contributed by atoms with van der Waals surface area (Å²) in [5, 5.41) is 13.8. The molecule has 1 saturated heterocycles. The molecule has 27 heavy (non-hydrogen) atoms. The maximum atomic E-state index is 12.6. The lowest BCUT2D eigenvalue weighted by Gasteiger charge is -2.59. The maximum absolute atomic E-state index is 12.6. The Labute approximate surface area is 157 Å². The lowest BCUT2D eigenvalue weighted by molar-refractivity contribution is -0.157. The molecule has 2 aliphatic heterocycles. The van der Waals surface area contributed by atoms with Gasteiger partial charge in [-0.15, -0.1) is 0 Å². The van der Waals surface area contributed by atoms with Crippen LogP contribution in [0.2, 0.25) is 0 Å². The summed E-state index contributed by atoms with van der Waals surface area (Å²) in [6, 6.07) is 14.6. The van der Waals surface area contributed by atoms with E-state index >= 15 is 0 Å². The van der Waals surface area contributed by atoms with Gasteiger partial charge in [-0.05, 0) is 41.7 Å². The molecular formula is C22H21NO4. The Balaban J connectivity index is 1.66. The number of carbonyl (C=O) groups is 1. The summed E-state index contributed by atoms with van der Waals surface area (Å²) >= 11 is 0. The zero-order valence-corrected chi connectivity index (χ0v) is 14.9. The van der Waals surface area contributed by atoms with Gasteiger partial charge < -0.3 is 19.9 Å². The van der Waals surface area contributed by atoms with E-state index in [-0.39, 0.29) is 24.0 Å². The minimum absolute atomic E-state index is 0.0246. The molecule has 2 aromatic carbocycles. The molecule has 0 amide bonds. The van der Waals surface area contributed by atoms with Crippen LogP contribution in [0.3, 0.4) is 0 Å². The fourth-order valence-electron chi connectivity index (χ4n) is 6.52. The molecule has 138 valence electrons. The summed E-state index contributed by atoms with van der Waals surface area (Å²) in [6.07, 6.45) is 1.87. The van der Waals surface area contributed by atoms with Crippen LogP contribution in [0.5, 0.6) is 11.5 Å². The van der Waals surface area contributed by atoms with E-state index in [1.54, 1.807) is 0 Å². The third-order valence-electron chi connectivity index (χ3n) is 7.53. The van der Waals surface area contributed by atoms with Gasteiger partial charge in [0.15, 0.2) is 11.5 Å². The fourth-order valence-corrected chi connectivity index (χ4v) is 6.52. The molecule has 5 aliphatic rings. The zero-order valence-electron chi connectivity index (χ0n) is 14.9. The first kappa shape index (κ1) is 15.5. The van der Waals surface area contributed by atoms with Crippen molar-refractivity contribution in [2.75, 3.05) is 19.9 Å². The SMILES string of the molecule is O=C(O)C12CNCC1C1(c3ccc4c(c3)OCO4)CCC2c2ccccc21. The number of hydrogen-bond donors (Lipinski definition) is 2. The summed E-state index contributed by atoms with van der Waals surface area (Å²) < 4.78 is 11.2. The van der Waals surface area contributed by atoms with E-state index in [1.807, 2.05) is 12.1 Å². The van der Waals surface area contributed by atoms with Crippen LogP contribution in [0.15, 0.2) is 42.5 Å². The normalized spacial score (nSPS) is 35.0. The molecule has 0 radical (unpaired) electrons. The number of hydrogen-bond acceptors (Lipinski definition) is 4. The lowest BCUT2D eigenvalue weighted by Crippen LogP contribution is -2.60. The average molecular weight is 363 g/mol. The van der Waals surface area contributed by atoms with Gasteiger partial charge in [0, 0.05) is 30.3 Å². The maximum Gasteiger partial charge on any atom is 0.311 e. The number of carboxylic acids is 1. The van der Waals surface area contributed by atoms with Crippen LogP contribution in [0.4, 0.5) is 0 Å². The average Bonchev–Trinajstić information content (AvgIpc) is 3.36. The first-order chi connectivity index (χ1) is 13.2.